The Morgan fingerprint density at radius 1 is 1.00 bits per heavy atom. The molecule has 0 radical (unpaired) electrons. The van der Waals surface area contributed by atoms with Crippen molar-refractivity contribution in [3.8, 4) is 0 Å². The van der Waals surface area contributed by atoms with Gasteiger partial charge in [0, 0.05) is 5.92 Å². The minimum atomic E-state index is 0.0337. The van der Waals surface area contributed by atoms with E-state index in [1.54, 1.807) is 0 Å². The molecule has 1 atom stereocenters. The molecule has 0 nitrogen and oxygen atoms in total. The number of allylic oxidation sites excluding steroid dienone is 2. The Hall–Kier alpha value is -0.330. The van der Waals surface area contributed by atoms with Crippen LogP contribution in [0.1, 0.15) is 48.0 Å². The van der Waals surface area contributed by atoms with Gasteiger partial charge >= 0.3 is 0 Å². The Labute approximate surface area is 82.2 Å². The molecule has 0 aromatic carbocycles. The lowest BCUT2D eigenvalue weighted by Gasteiger charge is -2.20. The summed E-state index contributed by atoms with van der Waals surface area (Å²) in [4.78, 5) is 0. The Kier molecular flexibility index (Phi) is 5.27. The summed E-state index contributed by atoms with van der Waals surface area (Å²) in [5.41, 5.74) is 1.01. The van der Waals surface area contributed by atoms with E-state index in [9.17, 15) is 4.39 Å². The van der Waals surface area contributed by atoms with Crippen molar-refractivity contribution in [1.29, 1.82) is 0 Å². The predicted molar refractivity (Wildman–Crippen MR) is 57.3 cm³/mol. The van der Waals surface area contributed by atoms with Gasteiger partial charge in [-0.3, -0.25) is 0 Å². The van der Waals surface area contributed by atoms with Crippen molar-refractivity contribution in [3.63, 3.8) is 0 Å². The van der Waals surface area contributed by atoms with Gasteiger partial charge in [0.25, 0.3) is 0 Å². The molecule has 0 aromatic heterocycles. The quantitative estimate of drug-likeness (QED) is 0.603. The molecule has 0 aliphatic rings. The van der Waals surface area contributed by atoms with Crippen molar-refractivity contribution >= 4 is 0 Å². The topological polar surface area (TPSA) is 0 Å². The van der Waals surface area contributed by atoms with Crippen molar-refractivity contribution in [3.05, 3.63) is 11.4 Å². The molecule has 0 amide bonds. The van der Waals surface area contributed by atoms with Gasteiger partial charge in [0.2, 0.25) is 0 Å². The van der Waals surface area contributed by atoms with Gasteiger partial charge in [-0.1, -0.05) is 41.5 Å². The molecule has 0 rings (SSSR count). The van der Waals surface area contributed by atoms with Crippen LogP contribution < -0.4 is 0 Å². The molecule has 0 saturated heterocycles. The highest BCUT2D eigenvalue weighted by Gasteiger charge is 2.18. The van der Waals surface area contributed by atoms with E-state index >= 15 is 0 Å². The van der Waals surface area contributed by atoms with Gasteiger partial charge in [0.1, 0.15) is 5.83 Å². The third-order valence-corrected chi connectivity index (χ3v) is 2.55. The maximum absolute atomic E-state index is 13.8. The minimum absolute atomic E-state index is 0.0337. The molecule has 78 valence electrons. The first-order chi connectivity index (χ1) is 5.91. The number of halogens is 1. The van der Waals surface area contributed by atoms with Crippen molar-refractivity contribution in [2.24, 2.45) is 17.8 Å². The van der Waals surface area contributed by atoms with E-state index < -0.39 is 0 Å². The van der Waals surface area contributed by atoms with Gasteiger partial charge in [0.05, 0.1) is 0 Å². The Balaban J connectivity index is 4.88. The Bertz CT molecular complexity index is 178. The lowest BCUT2D eigenvalue weighted by molar-refractivity contribution is 0.451. The molecule has 0 heterocycles. The second-order valence-electron chi connectivity index (χ2n) is 4.42. The Morgan fingerprint density at radius 3 is 1.69 bits per heavy atom. The zero-order valence-electron chi connectivity index (χ0n) is 9.82. The second-order valence-corrected chi connectivity index (χ2v) is 4.42. The Morgan fingerprint density at radius 2 is 1.46 bits per heavy atom. The summed E-state index contributed by atoms with van der Waals surface area (Å²) in [5, 5.41) is 0. The van der Waals surface area contributed by atoms with E-state index in [0.29, 0.717) is 11.8 Å². The summed E-state index contributed by atoms with van der Waals surface area (Å²) >= 11 is 0. The lowest BCUT2D eigenvalue weighted by Crippen LogP contribution is -2.09. The summed E-state index contributed by atoms with van der Waals surface area (Å²) in [5.74, 6) is 0.843. The van der Waals surface area contributed by atoms with Crippen molar-refractivity contribution in [1.82, 2.24) is 0 Å². The average Bonchev–Trinajstić information content (AvgIpc) is 2.03. The van der Waals surface area contributed by atoms with E-state index in [4.69, 9.17) is 0 Å². The monoisotopic (exact) mass is 186 g/mol. The third-order valence-electron chi connectivity index (χ3n) is 2.55. The fraction of sp³-hybridized carbons (Fsp3) is 0.833. The second kappa shape index (κ2) is 5.41. The fourth-order valence-corrected chi connectivity index (χ4v) is 1.63. The number of hydrogen-bond acceptors (Lipinski definition) is 0. The van der Waals surface area contributed by atoms with Crippen LogP contribution in [-0.4, -0.2) is 0 Å². The van der Waals surface area contributed by atoms with Crippen molar-refractivity contribution < 1.29 is 4.39 Å². The van der Waals surface area contributed by atoms with Gasteiger partial charge < -0.3 is 0 Å². The van der Waals surface area contributed by atoms with E-state index in [1.807, 2.05) is 13.8 Å². The first-order valence-electron chi connectivity index (χ1n) is 5.31. The number of hydrogen-bond donors (Lipinski definition) is 0. The SMILES string of the molecule is CCC(C)/C(=C(\F)C(C)C)C(C)C. The molecule has 0 aromatic rings. The zero-order valence-corrected chi connectivity index (χ0v) is 9.82. The molecule has 0 fully saturated rings. The summed E-state index contributed by atoms with van der Waals surface area (Å²) in [6.07, 6.45) is 1.02. The maximum atomic E-state index is 13.8. The molecule has 1 heteroatoms. The smallest absolute Gasteiger partial charge is 0.102 e. The van der Waals surface area contributed by atoms with Gasteiger partial charge in [-0.05, 0) is 23.8 Å². The molecule has 0 aliphatic heterocycles. The normalized spacial score (nSPS) is 16.4. The van der Waals surface area contributed by atoms with Gasteiger partial charge in [0.15, 0.2) is 0 Å². The molecule has 0 aliphatic carbocycles. The van der Waals surface area contributed by atoms with Crippen LogP contribution in [0, 0.1) is 17.8 Å². The van der Waals surface area contributed by atoms with E-state index in [0.717, 1.165) is 12.0 Å². The standard InChI is InChI=1S/C12H23F/c1-7-10(6)11(8(2)3)12(13)9(4)5/h8-10H,7H2,1-6H3/b12-11-. The van der Waals surface area contributed by atoms with Crippen LogP contribution in [0.15, 0.2) is 11.4 Å². The summed E-state index contributed by atoms with van der Waals surface area (Å²) in [6.45, 7) is 12.2. The first-order valence-corrected chi connectivity index (χ1v) is 5.31. The maximum Gasteiger partial charge on any atom is 0.102 e. The largest absolute Gasteiger partial charge is 0.212 e. The van der Waals surface area contributed by atoms with Crippen LogP contribution in [0.5, 0.6) is 0 Å². The molecular formula is C12H23F. The molecular weight excluding hydrogens is 163 g/mol. The van der Waals surface area contributed by atoms with Crippen LogP contribution >= 0.6 is 0 Å². The van der Waals surface area contributed by atoms with Crippen LogP contribution in [-0.2, 0) is 0 Å². The third kappa shape index (κ3) is 3.50. The van der Waals surface area contributed by atoms with Crippen LogP contribution in [0.2, 0.25) is 0 Å². The summed E-state index contributed by atoms with van der Waals surface area (Å²) < 4.78 is 13.8. The van der Waals surface area contributed by atoms with Crippen molar-refractivity contribution in [2.75, 3.05) is 0 Å². The number of rotatable bonds is 4. The van der Waals surface area contributed by atoms with E-state index in [2.05, 4.69) is 27.7 Å². The zero-order chi connectivity index (χ0) is 10.6. The van der Waals surface area contributed by atoms with Crippen molar-refractivity contribution in [2.45, 2.75) is 48.0 Å². The van der Waals surface area contributed by atoms with Gasteiger partial charge in [-0.25, -0.2) is 4.39 Å². The molecule has 0 bridgehead atoms. The average molecular weight is 186 g/mol. The summed E-state index contributed by atoms with van der Waals surface area (Å²) in [7, 11) is 0. The molecule has 13 heavy (non-hydrogen) atoms. The summed E-state index contributed by atoms with van der Waals surface area (Å²) in [6, 6.07) is 0. The minimum Gasteiger partial charge on any atom is -0.212 e. The highest BCUT2D eigenvalue weighted by molar-refractivity contribution is 5.14. The fourth-order valence-electron chi connectivity index (χ4n) is 1.63. The van der Waals surface area contributed by atoms with Crippen LogP contribution in [0.4, 0.5) is 4.39 Å². The highest BCUT2D eigenvalue weighted by Crippen LogP contribution is 2.30. The molecule has 0 saturated carbocycles. The van der Waals surface area contributed by atoms with Crippen LogP contribution in [0.25, 0.3) is 0 Å². The van der Waals surface area contributed by atoms with Gasteiger partial charge in [-0.15, -0.1) is 0 Å². The lowest BCUT2D eigenvalue weighted by atomic mass is 9.86. The highest BCUT2D eigenvalue weighted by atomic mass is 19.1. The van der Waals surface area contributed by atoms with E-state index in [1.165, 1.54) is 0 Å². The first kappa shape index (κ1) is 12.7. The molecule has 0 N–H and O–H groups in total. The van der Waals surface area contributed by atoms with Crippen LogP contribution in [0.3, 0.4) is 0 Å². The van der Waals surface area contributed by atoms with Gasteiger partial charge in [-0.2, -0.15) is 0 Å². The van der Waals surface area contributed by atoms with E-state index in [-0.39, 0.29) is 11.7 Å². The molecule has 0 spiro atoms. The predicted octanol–water partition coefficient (Wildman–Crippen LogP) is 4.57. The molecule has 1 unspecified atom stereocenters.